The summed E-state index contributed by atoms with van der Waals surface area (Å²) < 4.78 is 64.8. The second-order valence-electron chi connectivity index (χ2n) is 6.58. The first-order chi connectivity index (χ1) is 14.8. The van der Waals surface area contributed by atoms with Gasteiger partial charge in [0.1, 0.15) is 4.90 Å². The normalized spacial score (nSPS) is 12.0. The third kappa shape index (κ3) is 4.45. The minimum Gasteiger partial charge on any atom is -0.369 e. The van der Waals surface area contributed by atoms with E-state index < -0.39 is 55.3 Å². The number of nitrogens with zero attached hydrogens (tertiary/aromatic N) is 3. The van der Waals surface area contributed by atoms with E-state index in [9.17, 15) is 36.5 Å². The van der Waals surface area contributed by atoms with E-state index >= 15 is 0 Å². The Labute approximate surface area is 178 Å². The molecule has 0 atom stereocenters. The molecule has 2 aromatic carbocycles. The Morgan fingerprint density at radius 2 is 1.84 bits per heavy atom. The number of primary sulfonamides is 1. The van der Waals surface area contributed by atoms with Crippen LogP contribution in [0.15, 0.2) is 53.7 Å². The second kappa shape index (κ2) is 8.05. The van der Waals surface area contributed by atoms with Crippen LogP contribution < -0.4 is 10.9 Å². The van der Waals surface area contributed by atoms with Gasteiger partial charge >= 0.3 is 6.18 Å². The van der Waals surface area contributed by atoms with Gasteiger partial charge < -0.3 is 5.73 Å². The molecular formula is C18H14F3N5O5S. The average Bonchev–Trinajstić information content (AvgIpc) is 3.17. The number of alkyl halides is 3. The fraction of sp³-hybridized carbons (Fsp3) is 0.111. The number of primary amides is 1. The maximum atomic E-state index is 13.0. The number of carbonyl (C=O) groups is 1. The molecule has 32 heavy (non-hydrogen) atoms. The molecule has 168 valence electrons. The number of para-hydroxylation sites is 1. The number of sulfonamides is 1. The Balaban J connectivity index is 2.46. The number of amides is 1. The first kappa shape index (κ1) is 22.9. The lowest BCUT2D eigenvalue weighted by molar-refractivity contribution is -0.384. The van der Waals surface area contributed by atoms with Gasteiger partial charge in [-0.2, -0.15) is 18.3 Å². The molecule has 0 aliphatic heterocycles. The van der Waals surface area contributed by atoms with Gasteiger partial charge in [-0.25, -0.2) is 18.2 Å². The maximum absolute atomic E-state index is 13.0. The van der Waals surface area contributed by atoms with Crippen LogP contribution in [0.4, 0.5) is 18.9 Å². The van der Waals surface area contributed by atoms with Crippen molar-refractivity contribution in [2.75, 3.05) is 0 Å². The number of hydrogen-bond acceptors (Lipinski definition) is 6. The lowest BCUT2D eigenvalue weighted by Gasteiger charge is -2.17. The fourth-order valence-electron chi connectivity index (χ4n) is 3.16. The highest BCUT2D eigenvalue weighted by atomic mass is 32.2. The van der Waals surface area contributed by atoms with Crippen molar-refractivity contribution in [2.45, 2.75) is 17.5 Å². The van der Waals surface area contributed by atoms with Crippen LogP contribution in [0.3, 0.4) is 0 Å². The Morgan fingerprint density at radius 1 is 1.19 bits per heavy atom. The number of benzene rings is 2. The van der Waals surface area contributed by atoms with Crippen molar-refractivity contribution in [3.8, 4) is 16.8 Å². The molecule has 3 rings (SSSR count). The van der Waals surface area contributed by atoms with E-state index in [0.717, 1.165) is 12.1 Å². The molecule has 0 saturated carbocycles. The van der Waals surface area contributed by atoms with Gasteiger partial charge in [0.2, 0.25) is 15.9 Å². The van der Waals surface area contributed by atoms with Crippen molar-refractivity contribution in [1.82, 2.24) is 9.78 Å². The van der Waals surface area contributed by atoms with Gasteiger partial charge in [-0.1, -0.05) is 18.2 Å². The molecule has 0 saturated heterocycles. The van der Waals surface area contributed by atoms with E-state index in [1.165, 1.54) is 24.3 Å². The van der Waals surface area contributed by atoms with E-state index in [4.69, 9.17) is 10.9 Å². The van der Waals surface area contributed by atoms with Gasteiger partial charge in [0.25, 0.3) is 5.69 Å². The fourth-order valence-corrected chi connectivity index (χ4v) is 4.14. The Bertz CT molecular complexity index is 1340. The SMILES string of the molecule is NC(=O)Cc1ccc(-n2cc(C(F)(F)F)cn2)c(S(N)(=O)=O)c1-c1ccccc1[N+](=O)[O-]. The Morgan fingerprint density at radius 3 is 2.38 bits per heavy atom. The van der Waals surface area contributed by atoms with E-state index in [-0.39, 0.29) is 16.7 Å². The van der Waals surface area contributed by atoms with Crippen LogP contribution in [0, 0.1) is 10.1 Å². The molecule has 4 N–H and O–H groups in total. The molecule has 0 unspecified atom stereocenters. The number of nitro benzene ring substituents is 1. The molecule has 1 aromatic heterocycles. The zero-order valence-corrected chi connectivity index (χ0v) is 16.7. The van der Waals surface area contributed by atoms with Crippen LogP contribution in [-0.4, -0.2) is 29.0 Å². The maximum Gasteiger partial charge on any atom is 0.419 e. The standard InChI is InChI=1S/C18H14F3N5O5S/c19-18(20,21)11-8-24-25(9-11)14-6-5-10(7-15(22)27)16(17(14)32(23,30)31)12-3-1-2-4-13(12)26(28)29/h1-6,8-9H,7H2,(H2,22,27)(H2,23,30,31). The summed E-state index contributed by atoms with van der Waals surface area (Å²) in [5.74, 6) is -0.878. The summed E-state index contributed by atoms with van der Waals surface area (Å²) >= 11 is 0. The van der Waals surface area contributed by atoms with Crippen molar-refractivity contribution in [3.63, 3.8) is 0 Å². The van der Waals surface area contributed by atoms with Crippen molar-refractivity contribution in [1.29, 1.82) is 0 Å². The Kier molecular flexibility index (Phi) is 5.76. The molecule has 0 fully saturated rings. The predicted octanol–water partition coefficient (Wildman–Crippen LogP) is 2.14. The molecular weight excluding hydrogens is 455 g/mol. The number of rotatable bonds is 6. The molecule has 10 nitrogen and oxygen atoms in total. The molecule has 1 heterocycles. The lowest BCUT2D eigenvalue weighted by Crippen LogP contribution is -2.20. The smallest absolute Gasteiger partial charge is 0.369 e. The number of carbonyl (C=O) groups excluding carboxylic acids is 1. The summed E-state index contributed by atoms with van der Waals surface area (Å²) in [5, 5.41) is 20.5. The molecule has 14 heteroatoms. The molecule has 0 bridgehead atoms. The van der Waals surface area contributed by atoms with Gasteiger partial charge in [0, 0.05) is 17.8 Å². The summed E-state index contributed by atoms with van der Waals surface area (Å²) in [6.45, 7) is 0. The number of nitro groups is 1. The molecule has 0 spiro atoms. The zero-order valence-electron chi connectivity index (χ0n) is 15.9. The number of aromatic nitrogens is 2. The third-order valence-corrected chi connectivity index (χ3v) is 5.38. The summed E-state index contributed by atoms with van der Waals surface area (Å²) in [5.41, 5.74) is 2.58. The number of nitrogens with two attached hydrogens (primary N) is 2. The van der Waals surface area contributed by atoms with Crippen LogP contribution in [0.25, 0.3) is 16.8 Å². The highest BCUT2D eigenvalue weighted by Gasteiger charge is 2.34. The minimum atomic E-state index is -4.76. The third-order valence-electron chi connectivity index (χ3n) is 4.40. The second-order valence-corrected chi connectivity index (χ2v) is 8.08. The van der Waals surface area contributed by atoms with E-state index in [0.29, 0.717) is 17.1 Å². The summed E-state index contributed by atoms with van der Waals surface area (Å²) in [7, 11) is -4.70. The van der Waals surface area contributed by atoms with Gasteiger partial charge in [0.05, 0.1) is 34.4 Å². The highest BCUT2D eigenvalue weighted by molar-refractivity contribution is 7.89. The van der Waals surface area contributed by atoms with Crippen molar-refractivity contribution in [3.05, 3.63) is 70.0 Å². The Hall–Kier alpha value is -3.78. The van der Waals surface area contributed by atoms with Crippen LogP contribution in [0.1, 0.15) is 11.1 Å². The summed E-state index contributed by atoms with van der Waals surface area (Å²) in [4.78, 5) is 21.6. The molecule has 0 radical (unpaired) electrons. The first-order valence-corrected chi connectivity index (χ1v) is 10.2. The topological polar surface area (TPSA) is 164 Å². The average molecular weight is 469 g/mol. The molecule has 1 amide bonds. The van der Waals surface area contributed by atoms with Crippen LogP contribution in [0.5, 0.6) is 0 Å². The van der Waals surface area contributed by atoms with Crippen LogP contribution in [0.2, 0.25) is 0 Å². The number of halogens is 3. The van der Waals surface area contributed by atoms with Gasteiger partial charge in [0.15, 0.2) is 0 Å². The van der Waals surface area contributed by atoms with Crippen molar-refractivity contribution >= 4 is 21.6 Å². The van der Waals surface area contributed by atoms with Crippen LogP contribution >= 0.6 is 0 Å². The van der Waals surface area contributed by atoms with Gasteiger partial charge in [-0.15, -0.1) is 0 Å². The predicted molar refractivity (Wildman–Crippen MR) is 105 cm³/mol. The van der Waals surface area contributed by atoms with E-state index in [1.54, 1.807) is 0 Å². The monoisotopic (exact) mass is 469 g/mol. The highest BCUT2D eigenvalue weighted by Crippen LogP contribution is 2.40. The van der Waals surface area contributed by atoms with Gasteiger partial charge in [-0.3, -0.25) is 14.9 Å². The van der Waals surface area contributed by atoms with E-state index in [2.05, 4.69) is 5.10 Å². The molecule has 0 aliphatic rings. The number of hydrogen-bond donors (Lipinski definition) is 2. The van der Waals surface area contributed by atoms with Crippen molar-refractivity contribution < 1.29 is 31.3 Å². The zero-order chi connectivity index (χ0) is 23.8. The molecule has 0 aliphatic carbocycles. The van der Waals surface area contributed by atoms with E-state index in [1.807, 2.05) is 0 Å². The van der Waals surface area contributed by atoms with Crippen molar-refractivity contribution in [2.24, 2.45) is 10.9 Å². The molecule has 3 aromatic rings. The minimum absolute atomic E-state index is 0.0252. The van der Waals surface area contributed by atoms with Gasteiger partial charge in [-0.05, 0) is 17.7 Å². The summed E-state index contributed by atoms with van der Waals surface area (Å²) in [6, 6.07) is 7.34. The lowest BCUT2D eigenvalue weighted by atomic mass is 9.95. The largest absolute Gasteiger partial charge is 0.419 e. The first-order valence-electron chi connectivity index (χ1n) is 8.63. The van der Waals surface area contributed by atoms with Crippen LogP contribution in [-0.2, 0) is 27.4 Å². The summed E-state index contributed by atoms with van der Waals surface area (Å²) in [6.07, 6.45) is -4.25. The quantitative estimate of drug-likeness (QED) is 0.415.